The van der Waals surface area contributed by atoms with E-state index in [-0.39, 0.29) is 16.4 Å². The number of benzene rings is 3. The molecule has 0 aliphatic carbocycles. The summed E-state index contributed by atoms with van der Waals surface area (Å²) in [5, 5.41) is 14.0. The Bertz CT molecular complexity index is 1590. The molecule has 0 aromatic heterocycles. The van der Waals surface area contributed by atoms with Gasteiger partial charge in [0.1, 0.15) is 16.8 Å². The van der Waals surface area contributed by atoms with Gasteiger partial charge in [-0.05, 0) is 41.5 Å². The van der Waals surface area contributed by atoms with Crippen LogP contribution in [0.2, 0.25) is 5.02 Å². The zero-order valence-corrected chi connectivity index (χ0v) is 21.2. The van der Waals surface area contributed by atoms with Gasteiger partial charge < -0.3 is 15.0 Å². The number of nitrogens with one attached hydrogen (secondary N) is 1. The Morgan fingerprint density at radius 1 is 1.03 bits per heavy atom. The van der Waals surface area contributed by atoms with Crippen LogP contribution >= 0.6 is 11.6 Å². The third kappa shape index (κ3) is 3.75. The zero-order chi connectivity index (χ0) is 27.4. The van der Waals surface area contributed by atoms with E-state index in [1.165, 1.54) is 19.2 Å². The number of rotatable bonds is 5. The SMILES string of the molecule is COc1ccccc1N1C(=O)[C@@H]2[C@@H](C1=O)[C@H]1c3ccccc3C=CN1[C@@H]2C(=O)Nc1ccc(Cl)c([N+](=O)[O-])c1. The van der Waals surface area contributed by atoms with Crippen molar-refractivity contribution in [3.8, 4) is 5.75 Å². The molecule has 11 heteroatoms. The highest BCUT2D eigenvalue weighted by Gasteiger charge is 2.65. The van der Waals surface area contributed by atoms with Crippen molar-refractivity contribution in [1.29, 1.82) is 0 Å². The van der Waals surface area contributed by atoms with E-state index < -0.39 is 46.6 Å². The summed E-state index contributed by atoms with van der Waals surface area (Å²) in [6.07, 6.45) is 3.57. The minimum Gasteiger partial charge on any atom is -0.495 e. The number of fused-ring (bicyclic) bond motifs is 5. The van der Waals surface area contributed by atoms with Crippen LogP contribution in [0.1, 0.15) is 17.2 Å². The van der Waals surface area contributed by atoms with Gasteiger partial charge in [-0.25, -0.2) is 4.90 Å². The van der Waals surface area contributed by atoms with Crippen LogP contribution in [0.4, 0.5) is 17.1 Å². The quantitative estimate of drug-likeness (QED) is 0.287. The zero-order valence-electron chi connectivity index (χ0n) is 20.5. The number of anilines is 2. The number of halogens is 1. The molecule has 39 heavy (non-hydrogen) atoms. The van der Waals surface area contributed by atoms with E-state index in [1.54, 1.807) is 35.4 Å². The number of hydrogen-bond donors (Lipinski definition) is 1. The molecule has 4 atom stereocenters. The smallest absolute Gasteiger partial charge is 0.289 e. The summed E-state index contributed by atoms with van der Waals surface area (Å²) in [6.45, 7) is 0. The lowest BCUT2D eigenvalue weighted by atomic mass is 9.84. The molecule has 0 bridgehead atoms. The van der Waals surface area contributed by atoms with E-state index in [0.29, 0.717) is 11.4 Å². The number of amides is 3. The van der Waals surface area contributed by atoms with Crippen LogP contribution in [0, 0.1) is 22.0 Å². The van der Waals surface area contributed by atoms with E-state index in [4.69, 9.17) is 16.3 Å². The summed E-state index contributed by atoms with van der Waals surface area (Å²) in [5.74, 6) is -3.01. The van der Waals surface area contributed by atoms with Crippen molar-refractivity contribution < 1.29 is 24.0 Å². The number of carbonyl (C=O) groups excluding carboxylic acids is 3. The number of para-hydroxylation sites is 2. The molecule has 6 rings (SSSR count). The molecule has 2 saturated heterocycles. The first-order valence-electron chi connectivity index (χ1n) is 12.1. The highest BCUT2D eigenvalue weighted by molar-refractivity contribution is 6.32. The maximum atomic E-state index is 14.0. The van der Waals surface area contributed by atoms with Gasteiger partial charge in [0.15, 0.2) is 0 Å². The summed E-state index contributed by atoms with van der Waals surface area (Å²) in [5.41, 5.74) is 1.81. The molecular formula is C28H21ClN4O6. The fraction of sp³-hybridized carbons (Fsp3) is 0.179. The summed E-state index contributed by atoms with van der Waals surface area (Å²) in [7, 11) is 1.45. The number of imide groups is 1. The van der Waals surface area contributed by atoms with Gasteiger partial charge in [0.2, 0.25) is 17.7 Å². The Morgan fingerprint density at radius 2 is 1.74 bits per heavy atom. The van der Waals surface area contributed by atoms with Crippen LogP contribution in [-0.2, 0) is 14.4 Å². The first-order chi connectivity index (χ1) is 18.8. The highest BCUT2D eigenvalue weighted by atomic mass is 35.5. The number of nitro groups is 1. The van der Waals surface area contributed by atoms with E-state index >= 15 is 0 Å². The molecule has 3 amide bonds. The minimum atomic E-state index is -1.06. The van der Waals surface area contributed by atoms with Gasteiger partial charge in [-0.2, -0.15) is 0 Å². The number of methoxy groups -OCH3 is 1. The molecular weight excluding hydrogens is 524 g/mol. The van der Waals surface area contributed by atoms with Gasteiger partial charge in [0.25, 0.3) is 5.69 Å². The van der Waals surface area contributed by atoms with Gasteiger partial charge in [-0.15, -0.1) is 0 Å². The van der Waals surface area contributed by atoms with Crippen LogP contribution in [0.25, 0.3) is 6.08 Å². The van der Waals surface area contributed by atoms with Crippen molar-refractivity contribution in [2.45, 2.75) is 12.1 Å². The van der Waals surface area contributed by atoms with Crippen LogP contribution in [0.15, 0.2) is 72.9 Å². The number of ether oxygens (including phenoxy) is 1. The van der Waals surface area contributed by atoms with Crippen molar-refractivity contribution >= 4 is 52.5 Å². The Morgan fingerprint density at radius 3 is 2.51 bits per heavy atom. The molecule has 3 aromatic rings. The van der Waals surface area contributed by atoms with Crippen LogP contribution < -0.4 is 15.0 Å². The van der Waals surface area contributed by atoms with E-state index in [0.717, 1.165) is 22.1 Å². The van der Waals surface area contributed by atoms with E-state index in [1.807, 2.05) is 30.3 Å². The monoisotopic (exact) mass is 544 g/mol. The van der Waals surface area contributed by atoms with Crippen molar-refractivity contribution in [3.63, 3.8) is 0 Å². The first kappa shape index (κ1) is 24.6. The second-order valence-electron chi connectivity index (χ2n) is 9.43. The van der Waals surface area contributed by atoms with Crippen molar-refractivity contribution in [2.75, 3.05) is 17.3 Å². The fourth-order valence-electron chi connectivity index (χ4n) is 5.86. The van der Waals surface area contributed by atoms with Crippen molar-refractivity contribution in [2.24, 2.45) is 11.8 Å². The molecule has 3 aliphatic heterocycles. The van der Waals surface area contributed by atoms with Crippen molar-refractivity contribution in [3.05, 3.63) is 99.2 Å². The minimum absolute atomic E-state index is 0.0708. The molecule has 0 radical (unpaired) electrons. The Hall–Kier alpha value is -4.70. The molecule has 10 nitrogen and oxygen atoms in total. The van der Waals surface area contributed by atoms with Gasteiger partial charge in [-0.1, -0.05) is 48.0 Å². The fourth-order valence-corrected chi connectivity index (χ4v) is 6.04. The molecule has 0 unspecified atom stereocenters. The van der Waals surface area contributed by atoms with Gasteiger partial charge >= 0.3 is 0 Å². The average molecular weight is 545 g/mol. The van der Waals surface area contributed by atoms with E-state index in [2.05, 4.69) is 5.32 Å². The van der Waals surface area contributed by atoms with Gasteiger partial charge in [0.05, 0.1) is 35.6 Å². The average Bonchev–Trinajstić information content (AvgIpc) is 3.41. The summed E-state index contributed by atoms with van der Waals surface area (Å²) in [4.78, 5) is 55.4. The predicted molar refractivity (Wildman–Crippen MR) is 143 cm³/mol. The standard InChI is InChI=1S/C28H21ClN4O6/c1-39-21-9-5-4-8-19(21)32-27(35)22-23(28(32)36)25(31-13-12-15-6-2-3-7-17(15)24(22)31)26(34)30-16-10-11-18(29)20(14-16)33(37)38/h2-14,22-25H,1H3,(H,30,34)/t22-,23-,24-,25+/m1/s1. The lowest BCUT2D eigenvalue weighted by molar-refractivity contribution is -0.384. The number of hydrogen-bond acceptors (Lipinski definition) is 7. The molecule has 2 fully saturated rings. The normalized spacial score (nSPS) is 22.8. The summed E-state index contributed by atoms with van der Waals surface area (Å²) >= 11 is 5.93. The maximum Gasteiger partial charge on any atom is 0.289 e. The van der Waals surface area contributed by atoms with Crippen LogP contribution in [0.3, 0.4) is 0 Å². The maximum absolute atomic E-state index is 14.0. The topological polar surface area (TPSA) is 122 Å². The third-order valence-electron chi connectivity index (χ3n) is 7.47. The summed E-state index contributed by atoms with van der Waals surface area (Å²) < 4.78 is 5.42. The summed E-state index contributed by atoms with van der Waals surface area (Å²) in [6, 6.07) is 16.6. The van der Waals surface area contributed by atoms with E-state index in [9.17, 15) is 24.5 Å². The molecule has 3 heterocycles. The Labute approximate surface area is 227 Å². The number of carbonyl (C=O) groups is 3. The first-order valence-corrected chi connectivity index (χ1v) is 12.5. The van der Waals surface area contributed by atoms with Crippen LogP contribution in [0.5, 0.6) is 5.75 Å². The molecule has 1 N–H and O–H groups in total. The van der Waals surface area contributed by atoms with Gasteiger partial charge in [-0.3, -0.25) is 24.5 Å². The predicted octanol–water partition coefficient (Wildman–Crippen LogP) is 4.41. The number of nitrogens with zero attached hydrogens (tertiary/aromatic N) is 3. The molecule has 196 valence electrons. The molecule has 3 aliphatic rings. The van der Waals surface area contributed by atoms with Gasteiger partial charge in [0, 0.05) is 18.0 Å². The second kappa shape index (κ2) is 9.25. The highest BCUT2D eigenvalue weighted by Crippen LogP contribution is 2.54. The third-order valence-corrected chi connectivity index (χ3v) is 7.79. The largest absolute Gasteiger partial charge is 0.495 e. The second-order valence-corrected chi connectivity index (χ2v) is 9.84. The Balaban J connectivity index is 1.44. The van der Waals surface area contributed by atoms with Crippen LogP contribution in [-0.4, -0.2) is 40.7 Å². The molecule has 0 saturated carbocycles. The lowest BCUT2D eigenvalue weighted by Gasteiger charge is -2.35. The number of nitro benzene ring substituents is 1. The van der Waals surface area contributed by atoms with Crippen molar-refractivity contribution in [1.82, 2.24) is 4.90 Å². The molecule has 3 aromatic carbocycles. The Kier molecular flexibility index (Phi) is 5.84. The molecule has 0 spiro atoms. The lowest BCUT2D eigenvalue weighted by Crippen LogP contribution is -2.46.